The molecule has 1 aromatic carbocycles. The fraction of sp³-hybridized carbons (Fsp3) is 0.677. The van der Waals surface area contributed by atoms with E-state index in [1.165, 1.54) is 42.7 Å². The van der Waals surface area contributed by atoms with Crippen LogP contribution in [-0.4, -0.2) is 24.3 Å². The van der Waals surface area contributed by atoms with Gasteiger partial charge in [-0.3, -0.25) is 9.59 Å². The Morgan fingerprint density at radius 2 is 1.78 bits per heavy atom. The van der Waals surface area contributed by atoms with Crippen molar-refractivity contribution in [2.45, 2.75) is 90.4 Å². The molecule has 0 saturated heterocycles. The standard InChI is InChI=1S/C31H42O4S/c1-19(21-6-9-23(34-5)10-7-21)36-29(33)28-13-12-26-25-11-8-22-18-24(35-20(2)32)14-16-30(22,3)27(25)15-17-31(26,28)4/h6-10,19,24-28H,11-18H2,1-5H3/t19-,24+,25+,26+,27+,28-,30+,31+/m1/s1. The summed E-state index contributed by atoms with van der Waals surface area (Å²) in [6, 6.07) is 8.13. The molecule has 4 aliphatic rings. The largest absolute Gasteiger partial charge is 0.497 e. The summed E-state index contributed by atoms with van der Waals surface area (Å²) >= 11 is 1.54. The summed E-state index contributed by atoms with van der Waals surface area (Å²) in [7, 11) is 1.68. The van der Waals surface area contributed by atoms with Crippen molar-refractivity contribution in [1.29, 1.82) is 0 Å². The number of benzene rings is 1. The molecule has 0 amide bonds. The topological polar surface area (TPSA) is 52.6 Å². The zero-order chi connectivity index (χ0) is 25.7. The molecule has 5 heteroatoms. The molecule has 0 spiro atoms. The first-order chi connectivity index (χ1) is 17.2. The zero-order valence-corrected chi connectivity index (χ0v) is 23.4. The van der Waals surface area contributed by atoms with E-state index in [-0.39, 0.29) is 34.1 Å². The summed E-state index contributed by atoms with van der Waals surface area (Å²) in [5.74, 6) is 2.84. The molecule has 4 aliphatic carbocycles. The molecule has 0 unspecified atom stereocenters. The van der Waals surface area contributed by atoms with Gasteiger partial charge < -0.3 is 9.47 Å². The zero-order valence-electron chi connectivity index (χ0n) is 22.5. The molecule has 1 aromatic rings. The molecule has 0 aliphatic heterocycles. The molecular formula is C31H42O4S. The Morgan fingerprint density at radius 1 is 1.03 bits per heavy atom. The maximum absolute atomic E-state index is 13.7. The molecule has 8 atom stereocenters. The van der Waals surface area contributed by atoms with Gasteiger partial charge in [0.15, 0.2) is 5.12 Å². The highest BCUT2D eigenvalue weighted by Crippen LogP contribution is 2.67. The van der Waals surface area contributed by atoms with E-state index < -0.39 is 0 Å². The number of hydrogen-bond acceptors (Lipinski definition) is 5. The van der Waals surface area contributed by atoms with Crippen molar-refractivity contribution in [3.05, 3.63) is 41.5 Å². The molecule has 0 heterocycles. The van der Waals surface area contributed by atoms with E-state index in [0.29, 0.717) is 22.9 Å². The molecule has 196 valence electrons. The SMILES string of the molecule is COc1ccc([C@@H](C)SC(=O)[C@H]2CC[C@H]3[C@@H]4CC=C5C[C@@H](OC(C)=O)CC[C@]5(C)[C@H]4CC[C@]23C)cc1. The number of esters is 1. The average molecular weight is 511 g/mol. The number of allylic oxidation sites excluding steroid dienone is 1. The van der Waals surface area contributed by atoms with Gasteiger partial charge in [0.1, 0.15) is 11.9 Å². The van der Waals surface area contributed by atoms with Crippen molar-refractivity contribution < 1.29 is 19.1 Å². The number of rotatable bonds is 5. The highest BCUT2D eigenvalue weighted by atomic mass is 32.2. The number of thioether (sulfide) groups is 1. The molecule has 3 fully saturated rings. The predicted molar refractivity (Wildman–Crippen MR) is 145 cm³/mol. The van der Waals surface area contributed by atoms with Gasteiger partial charge in [0.05, 0.1) is 7.11 Å². The number of methoxy groups -OCH3 is 1. The molecule has 4 nitrogen and oxygen atoms in total. The van der Waals surface area contributed by atoms with Crippen molar-refractivity contribution in [1.82, 2.24) is 0 Å². The monoisotopic (exact) mass is 510 g/mol. The highest BCUT2D eigenvalue weighted by Gasteiger charge is 2.60. The van der Waals surface area contributed by atoms with Gasteiger partial charge in [0, 0.05) is 24.5 Å². The van der Waals surface area contributed by atoms with Crippen molar-refractivity contribution in [3.63, 3.8) is 0 Å². The Balaban J connectivity index is 1.29. The van der Waals surface area contributed by atoms with E-state index in [9.17, 15) is 9.59 Å². The second-order valence-electron chi connectivity index (χ2n) is 12.3. The predicted octanol–water partition coefficient (Wildman–Crippen LogP) is 7.53. The van der Waals surface area contributed by atoms with Crippen LogP contribution in [0, 0.1) is 34.5 Å². The lowest BCUT2D eigenvalue weighted by molar-refractivity contribution is -0.148. The number of carbonyl (C=O) groups excluding carboxylic acids is 2. The third-order valence-corrected chi connectivity index (χ3v) is 11.7. The summed E-state index contributed by atoms with van der Waals surface area (Å²) in [6.07, 6.45) is 11.2. The van der Waals surface area contributed by atoms with Crippen LogP contribution < -0.4 is 4.74 Å². The summed E-state index contributed by atoms with van der Waals surface area (Å²) in [4.78, 5) is 25.2. The van der Waals surface area contributed by atoms with Gasteiger partial charge in [-0.05, 0) is 98.1 Å². The van der Waals surface area contributed by atoms with Crippen molar-refractivity contribution in [3.8, 4) is 5.75 Å². The molecule has 0 bridgehead atoms. The number of ether oxygens (including phenoxy) is 2. The quantitative estimate of drug-likeness (QED) is 0.303. The van der Waals surface area contributed by atoms with Crippen LogP contribution in [-0.2, 0) is 14.3 Å². The van der Waals surface area contributed by atoms with Gasteiger partial charge in [-0.2, -0.15) is 0 Å². The molecular weight excluding hydrogens is 468 g/mol. The minimum absolute atomic E-state index is 0.0467. The molecule has 5 rings (SSSR count). The van der Waals surface area contributed by atoms with Crippen LogP contribution in [0.4, 0.5) is 0 Å². The van der Waals surface area contributed by atoms with Crippen LogP contribution in [0.15, 0.2) is 35.9 Å². The Bertz CT molecular complexity index is 1030. The molecule has 36 heavy (non-hydrogen) atoms. The lowest BCUT2D eigenvalue weighted by atomic mass is 9.47. The van der Waals surface area contributed by atoms with Gasteiger partial charge in [0.25, 0.3) is 0 Å². The number of carbonyl (C=O) groups is 2. The average Bonchev–Trinajstić information content (AvgIpc) is 3.21. The van der Waals surface area contributed by atoms with Gasteiger partial charge in [-0.25, -0.2) is 0 Å². The van der Waals surface area contributed by atoms with Gasteiger partial charge in [-0.15, -0.1) is 0 Å². The van der Waals surface area contributed by atoms with E-state index in [1.807, 2.05) is 12.1 Å². The lowest BCUT2D eigenvalue weighted by Gasteiger charge is -2.58. The maximum atomic E-state index is 13.7. The fourth-order valence-electron chi connectivity index (χ4n) is 8.55. The third-order valence-electron chi connectivity index (χ3n) is 10.6. The van der Waals surface area contributed by atoms with Crippen LogP contribution in [0.2, 0.25) is 0 Å². The Labute approximate surface area is 221 Å². The van der Waals surface area contributed by atoms with E-state index >= 15 is 0 Å². The van der Waals surface area contributed by atoms with Crippen LogP contribution in [0.3, 0.4) is 0 Å². The third kappa shape index (κ3) is 4.44. The summed E-state index contributed by atoms with van der Waals surface area (Å²) in [5, 5.41) is 0.538. The van der Waals surface area contributed by atoms with Gasteiger partial charge in [-0.1, -0.05) is 49.4 Å². The second kappa shape index (κ2) is 9.85. The summed E-state index contributed by atoms with van der Waals surface area (Å²) < 4.78 is 10.9. The molecule has 0 radical (unpaired) electrons. The first kappa shape index (κ1) is 25.9. The Morgan fingerprint density at radius 3 is 2.47 bits per heavy atom. The van der Waals surface area contributed by atoms with Crippen molar-refractivity contribution in [2.24, 2.45) is 34.5 Å². The summed E-state index contributed by atoms with van der Waals surface area (Å²) in [5.41, 5.74) is 3.04. The van der Waals surface area contributed by atoms with Crippen LogP contribution in [0.25, 0.3) is 0 Å². The first-order valence-corrected chi connectivity index (χ1v) is 14.7. The second-order valence-corrected chi connectivity index (χ2v) is 13.6. The number of fused-ring (bicyclic) bond motifs is 5. The summed E-state index contributed by atoms with van der Waals surface area (Å²) in [6.45, 7) is 8.58. The van der Waals surface area contributed by atoms with E-state index in [1.54, 1.807) is 7.11 Å². The normalized spacial score (nSPS) is 38.1. The smallest absolute Gasteiger partial charge is 0.302 e. The molecule has 3 saturated carbocycles. The Hall–Kier alpha value is -1.75. The minimum Gasteiger partial charge on any atom is -0.497 e. The maximum Gasteiger partial charge on any atom is 0.302 e. The van der Waals surface area contributed by atoms with Crippen molar-refractivity contribution >= 4 is 22.8 Å². The van der Waals surface area contributed by atoms with E-state index in [4.69, 9.17) is 9.47 Å². The van der Waals surface area contributed by atoms with Crippen LogP contribution >= 0.6 is 11.8 Å². The van der Waals surface area contributed by atoms with Crippen LogP contribution in [0.5, 0.6) is 5.75 Å². The van der Waals surface area contributed by atoms with E-state index in [2.05, 4.69) is 39.0 Å². The molecule has 0 aromatic heterocycles. The minimum atomic E-state index is -0.160. The van der Waals surface area contributed by atoms with Crippen molar-refractivity contribution in [2.75, 3.05) is 7.11 Å². The number of hydrogen-bond donors (Lipinski definition) is 0. The highest BCUT2D eigenvalue weighted by molar-refractivity contribution is 8.13. The van der Waals surface area contributed by atoms with E-state index in [0.717, 1.165) is 44.3 Å². The van der Waals surface area contributed by atoms with Gasteiger partial charge >= 0.3 is 5.97 Å². The Kier molecular flexibility index (Phi) is 7.08. The molecule has 0 N–H and O–H groups in total. The van der Waals surface area contributed by atoms with Crippen LogP contribution in [0.1, 0.15) is 89.9 Å². The van der Waals surface area contributed by atoms with Gasteiger partial charge in [0.2, 0.25) is 0 Å². The lowest BCUT2D eigenvalue weighted by Crippen LogP contribution is -2.51. The fourth-order valence-corrected chi connectivity index (χ4v) is 9.74. The first-order valence-electron chi connectivity index (χ1n) is 13.9.